The zero-order valence-electron chi connectivity index (χ0n) is 13.8. The van der Waals surface area contributed by atoms with Crippen LogP contribution < -0.4 is 4.18 Å². The third-order valence-corrected chi connectivity index (χ3v) is 5.09. The lowest BCUT2D eigenvalue weighted by molar-refractivity contribution is 0.482. The van der Waals surface area contributed by atoms with Crippen molar-refractivity contribution in [1.29, 1.82) is 0 Å². The van der Waals surface area contributed by atoms with Gasteiger partial charge in [0.1, 0.15) is 23.6 Å². The van der Waals surface area contributed by atoms with Gasteiger partial charge in [0, 0.05) is 6.54 Å². The number of rotatable bonds is 6. The van der Waals surface area contributed by atoms with E-state index in [9.17, 15) is 8.42 Å². The predicted octanol–water partition coefficient (Wildman–Crippen LogP) is 3.71. The molecule has 132 valence electrons. The second kappa shape index (κ2) is 6.68. The number of hydrogen-bond acceptors (Lipinski definition) is 5. The number of fused-ring (bicyclic) bond motifs is 1. The summed E-state index contributed by atoms with van der Waals surface area (Å²) >= 11 is 0. The number of para-hydroxylation sites is 3. The van der Waals surface area contributed by atoms with E-state index in [-0.39, 0.29) is 12.3 Å². The number of nitrogens with zero attached hydrogens (tertiary/aromatic N) is 2. The minimum absolute atomic E-state index is 0.174. The largest absolute Gasteiger partial charge is 0.472 e. The molecule has 6 nitrogen and oxygen atoms in total. The third-order valence-electron chi connectivity index (χ3n) is 3.97. The van der Waals surface area contributed by atoms with E-state index >= 15 is 0 Å². The lowest BCUT2D eigenvalue weighted by Crippen LogP contribution is -2.18. The van der Waals surface area contributed by atoms with Crippen LogP contribution in [0.1, 0.15) is 0 Å². The van der Waals surface area contributed by atoms with Crippen molar-refractivity contribution in [3.05, 3.63) is 73.2 Å². The highest BCUT2D eigenvalue weighted by Crippen LogP contribution is 2.25. The molecular weight excluding hydrogens is 352 g/mol. The van der Waals surface area contributed by atoms with Gasteiger partial charge < -0.3 is 13.2 Å². The van der Waals surface area contributed by atoms with Gasteiger partial charge in [-0.05, 0) is 30.3 Å². The summed E-state index contributed by atoms with van der Waals surface area (Å²) in [4.78, 5) is 4.61. The maximum atomic E-state index is 12.4. The standard InChI is InChI=1S/C19H16N2O4S/c22-26(23,25-16-6-2-1-3-7-16)13-11-21-18-9-5-4-8-17(18)20-19(21)15-10-12-24-14-15/h1-10,12,14H,11,13H2. The molecule has 2 aromatic heterocycles. The van der Waals surface area contributed by atoms with E-state index in [4.69, 9.17) is 8.60 Å². The number of aryl methyl sites for hydroxylation is 1. The first-order chi connectivity index (χ1) is 12.6. The maximum absolute atomic E-state index is 12.4. The Kier molecular flexibility index (Phi) is 4.22. The molecule has 0 aliphatic rings. The van der Waals surface area contributed by atoms with Gasteiger partial charge in [0.15, 0.2) is 0 Å². The van der Waals surface area contributed by atoms with Crippen LogP contribution in [0.4, 0.5) is 0 Å². The van der Waals surface area contributed by atoms with Gasteiger partial charge in [-0.3, -0.25) is 0 Å². The van der Waals surface area contributed by atoms with Gasteiger partial charge in [0.25, 0.3) is 0 Å². The van der Waals surface area contributed by atoms with Gasteiger partial charge in [0.05, 0.1) is 22.9 Å². The molecule has 0 fully saturated rings. The molecule has 7 heteroatoms. The second-order valence-electron chi connectivity index (χ2n) is 5.75. The van der Waals surface area contributed by atoms with Crippen LogP contribution in [0.15, 0.2) is 77.6 Å². The Bertz CT molecular complexity index is 1120. The molecule has 2 heterocycles. The number of benzene rings is 2. The molecule has 0 bridgehead atoms. The lowest BCUT2D eigenvalue weighted by Gasteiger charge is -2.10. The van der Waals surface area contributed by atoms with Crippen molar-refractivity contribution in [1.82, 2.24) is 9.55 Å². The van der Waals surface area contributed by atoms with Crippen LogP contribution >= 0.6 is 0 Å². The van der Waals surface area contributed by atoms with Crippen molar-refractivity contribution in [3.63, 3.8) is 0 Å². The Labute approximate surface area is 150 Å². The van der Waals surface area contributed by atoms with E-state index in [0.717, 1.165) is 16.6 Å². The Morgan fingerprint density at radius 2 is 1.77 bits per heavy atom. The van der Waals surface area contributed by atoms with Crippen LogP contribution in [0, 0.1) is 0 Å². The van der Waals surface area contributed by atoms with E-state index in [2.05, 4.69) is 4.98 Å². The average Bonchev–Trinajstić information content (AvgIpc) is 3.28. The second-order valence-corrected chi connectivity index (χ2v) is 7.44. The number of furan rings is 1. The molecular formula is C19H16N2O4S. The van der Waals surface area contributed by atoms with Crippen LogP contribution in [0.5, 0.6) is 5.75 Å². The van der Waals surface area contributed by atoms with Gasteiger partial charge in [-0.25, -0.2) is 4.98 Å². The van der Waals surface area contributed by atoms with Crippen molar-refractivity contribution in [3.8, 4) is 17.1 Å². The van der Waals surface area contributed by atoms with Gasteiger partial charge in [-0.15, -0.1) is 0 Å². The molecule has 2 aromatic carbocycles. The molecule has 0 atom stereocenters. The predicted molar refractivity (Wildman–Crippen MR) is 98.3 cm³/mol. The Morgan fingerprint density at radius 1 is 1.00 bits per heavy atom. The first-order valence-electron chi connectivity index (χ1n) is 8.07. The summed E-state index contributed by atoms with van der Waals surface area (Å²) in [6.45, 7) is 0.218. The van der Waals surface area contributed by atoms with Crippen LogP contribution in [-0.2, 0) is 16.7 Å². The fourth-order valence-corrected chi connectivity index (χ4v) is 3.68. The Morgan fingerprint density at radius 3 is 2.54 bits per heavy atom. The van der Waals surface area contributed by atoms with Crippen molar-refractivity contribution >= 4 is 21.2 Å². The molecule has 0 radical (unpaired) electrons. The van der Waals surface area contributed by atoms with Crippen molar-refractivity contribution in [2.45, 2.75) is 6.54 Å². The SMILES string of the molecule is O=S(=O)(CCn1c(-c2ccoc2)nc2ccccc21)Oc1ccccc1. The molecule has 0 aliphatic carbocycles. The van der Waals surface area contributed by atoms with Gasteiger partial charge in [-0.1, -0.05) is 30.3 Å². The van der Waals surface area contributed by atoms with E-state index in [1.54, 1.807) is 48.9 Å². The Hall–Kier alpha value is -3.06. The fourth-order valence-electron chi connectivity index (χ4n) is 2.78. The summed E-state index contributed by atoms with van der Waals surface area (Å²) in [6.07, 6.45) is 3.15. The lowest BCUT2D eigenvalue weighted by atomic mass is 10.3. The zero-order chi connectivity index (χ0) is 18.0. The molecule has 26 heavy (non-hydrogen) atoms. The maximum Gasteiger partial charge on any atom is 0.310 e. The summed E-state index contributed by atoms with van der Waals surface area (Å²) in [5.41, 5.74) is 2.45. The first-order valence-corrected chi connectivity index (χ1v) is 9.65. The topological polar surface area (TPSA) is 74.3 Å². The van der Waals surface area contributed by atoms with Crippen molar-refractivity contribution < 1.29 is 17.0 Å². The quantitative estimate of drug-likeness (QED) is 0.485. The van der Waals surface area contributed by atoms with E-state index in [1.165, 1.54) is 0 Å². The number of aromatic nitrogens is 2. The molecule has 0 aliphatic heterocycles. The molecule has 0 unspecified atom stereocenters. The van der Waals surface area contributed by atoms with E-state index in [0.29, 0.717) is 11.6 Å². The molecule has 0 spiro atoms. The number of hydrogen-bond donors (Lipinski definition) is 0. The third kappa shape index (κ3) is 3.34. The molecule has 4 aromatic rings. The first kappa shape index (κ1) is 16.4. The number of imidazole rings is 1. The summed E-state index contributed by atoms with van der Waals surface area (Å²) < 4.78 is 36.9. The smallest absolute Gasteiger partial charge is 0.310 e. The highest BCUT2D eigenvalue weighted by atomic mass is 32.2. The summed E-state index contributed by atoms with van der Waals surface area (Å²) in [5, 5.41) is 0. The van der Waals surface area contributed by atoms with Crippen molar-refractivity contribution in [2.75, 3.05) is 5.75 Å². The molecule has 4 rings (SSSR count). The van der Waals surface area contributed by atoms with Crippen LogP contribution in [0.3, 0.4) is 0 Å². The van der Waals surface area contributed by atoms with E-state index < -0.39 is 10.1 Å². The monoisotopic (exact) mass is 368 g/mol. The molecule has 0 amide bonds. The van der Waals surface area contributed by atoms with Gasteiger partial charge in [-0.2, -0.15) is 8.42 Å². The highest BCUT2D eigenvalue weighted by molar-refractivity contribution is 7.87. The van der Waals surface area contributed by atoms with Crippen LogP contribution in [0.25, 0.3) is 22.4 Å². The van der Waals surface area contributed by atoms with E-state index in [1.807, 2.05) is 28.8 Å². The van der Waals surface area contributed by atoms with Crippen molar-refractivity contribution in [2.24, 2.45) is 0 Å². The normalized spacial score (nSPS) is 11.7. The van der Waals surface area contributed by atoms with Gasteiger partial charge in [0.2, 0.25) is 0 Å². The van der Waals surface area contributed by atoms with Crippen LogP contribution in [0.2, 0.25) is 0 Å². The minimum atomic E-state index is -3.74. The molecule has 0 saturated heterocycles. The zero-order valence-corrected chi connectivity index (χ0v) is 14.6. The fraction of sp³-hybridized carbons (Fsp3) is 0.105. The average molecular weight is 368 g/mol. The minimum Gasteiger partial charge on any atom is -0.472 e. The highest BCUT2D eigenvalue weighted by Gasteiger charge is 2.18. The molecule has 0 N–H and O–H groups in total. The molecule has 0 saturated carbocycles. The Balaban J connectivity index is 1.64. The summed E-state index contributed by atoms with van der Waals surface area (Å²) in [5.74, 6) is 0.792. The summed E-state index contributed by atoms with van der Waals surface area (Å²) in [6, 6.07) is 17.9. The van der Waals surface area contributed by atoms with Gasteiger partial charge >= 0.3 is 10.1 Å². The van der Waals surface area contributed by atoms with Crippen LogP contribution in [-0.4, -0.2) is 23.7 Å². The summed E-state index contributed by atoms with van der Waals surface area (Å²) in [7, 11) is -3.74.